The van der Waals surface area contributed by atoms with Crippen molar-refractivity contribution in [2.45, 2.75) is 59.0 Å². The molecule has 0 aromatic carbocycles. The van der Waals surface area contributed by atoms with E-state index in [2.05, 4.69) is 0 Å². The van der Waals surface area contributed by atoms with Crippen molar-refractivity contribution in [3.63, 3.8) is 0 Å². The number of amides is 1. The van der Waals surface area contributed by atoms with E-state index in [9.17, 15) is 14.4 Å². The summed E-state index contributed by atoms with van der Waals surface area (Å²) in [6.07, 6.45) is 2.23. The predicted molar refractivity (Wildman–Crippen MR) is 75.5 cm³/mol. The summed E-state index contributed by atoms with van der Waals surface area (Å²) in [5.74, 6) is 0.119. The lowest BCUT2D eigenvalue weighted by Gasteiger charge is -2.40. The molecular formula is C15H25NO4. The second-order valence-corrected chi connectivity index (χ2v) is 6.40. The van der Waals surface area contributed by atoms with E-state index in [1.165, 1.54) is 0 Å². The molecule has 1 aliphatic heterocycles. The van der Waals surface area contributed by atoms with Crippen molar-refractivity contribution in [2.24, 2.45) is 5.41 Å². The number of rotatable bonds is 4. The molecule has 1 heterocycles. The second kappa shape index (κ2) is 6.37. The fourth-order valence-electron chi connectivity index (χ4n) is 2.58. The molecule has 0 atom stereocenters. The van der Waals surface area contributed by atoms with Crippen LogP contribution < -0.4 is 0 Å². The molecule has 1 rings (SSSR count). The van der Waals surface area contributed by atoms with Crippen molar-refractivity contribution in [3.05, 3.63) is 0 Å². The molecule has 0 radical (unpaired) electrons. The highest BCUT2D eigenvalue weighted by atomic mass is 16.6. The number of ether oxygens (including phenoxy) is 1. The van der Waals surface area contributed by atoms with Gasteiger partial charge in [0.05, 0.1) is 0 Å². The molecule has 5 nitrogen and oxygen atoms in total. The van der Waals surface area contributed by atoms with Crippen LogP contribution in [0, 0.1) is 5.41 Å². The van der Waals surface area contributed by atoms with Gasteiger partial charge in [0, 0.05) is 31.3 Å². The molecule has 0 aliphatic carbocycles. The summed E-state index contributed by atoms with van der Waals surface area (Å²) in [5, 5.41) is 0. The van der Waals surface area contributed by atoms with Gasteiger partial charge in [-0.1, -0.05) is 6.92 Å². The Morgan fingerprint density at radius 2 is 1.80 bits per heavy atom. The van der Waals surface area contributed by atoms with Crippen molar-refractivity contribution in [1.29, 1.82) is 0 Å². The smallest absolute Gasteiger partial charge is 0.410 e. The van der Waals surface area contributed by atoms with Crippen LogP contribution in [0.2, 0.25) is 0 Å². The van der Waals surface area contributed by atoms with Crippen LogP contribution in [0.15, 0.2) is 0 Å². The number of carbonyl (C=O) groups excluding carboxylic acids is 3. The minimum Gasteiger partial charge on any atom is -0.444 e. The molecule has 0 unspecified atom stereocenters. The highest BCUT2D eigenvalue weighted by Crippen LogP contribution is 2.36. The lowest BCUT2D eigenvalue weighted by molar-refractivity contribution is -0.134. The minimum atomic E-state index is -0.574. The standard InChI is InChI=1S/C15H25NO4/c1-5-12(18)15(8-11-17)6-9-16(10-7-15)13(19)20-14(2,3)4/h11H,5-10H2,1-4H3. The maximum absolute atomic E-state index is 12.1. The molecular weight excluding hydrogens is 258 g/mol. The van der Waals surface area contributed by atoms with Crippen LogP contribution in [0.1, 0.15) is 53.4 Å². The normalized spacial score (nSPS) is 18.5. The van der Waals surface area contributed by atoms with Crippen LogP contribution in [-0.2, 0) is 14.3 Å². The molecule has 1 fully saturated rings. The molecule has 0 bridgehead atoms. The van der Waals surface area contributed by atoms with Gasteiger partial charge in [-0.25, -0.2) is 4.79 Å². The molecule has 0 spiro atoms. The van der Waals surface area contributed by atoms with Crippen molar-refractivity contribution in [3.8, 4) is 0 Å². The maximum atomic E-state index is 12.1. The third-order valence-electron chi connectivity index (χ3n) is 3.76. The van der Waals surface area contributed by atoms with E-state index >= 15 is 0 Å². The van der Waals surface area contributed by atoms with E-state index in [0.717, 1.165) is 6.29 Å². The van der Waals surface area contributed by atoms with Gasteiger partial charge >= 0.3 is 6.09 Å². The number of piperidine rings is 1. The molecule has 0 N–H and O–H groups in total. The molecule has 20 heavy (non-hydrogen) atoms. The topological polar surface area (TPSA) is 63.7 Å². The fraction of sp³-hybridized carbons (Fsp3) is 0.800. The number of Topliss-reactive ketones (excluding diaryl/α,β-unsaturated/α-hetero) is 1. The van der Waals surface area contributed by atoms with Gasteiger partial charge in [-0.2, -0.15) is 0 Å². The van der Waals surface area contributed by atoms with Crippen molar-refractivity contribution < 1.29 is 19.1 Å². The molecule has 1 saturated heterocycles. The second-order valence-electron chi connectivity index (χ2n) is 6.40. The Balaban J connectivity index is 2.67. The zero-order valence-electron chi connectivity index (χ0n) is 12.9. The van der Waals surface area contributed by atoms with Crippen LogP contribution in [0.4, 0.5) is 4.79 Å². The van der Waals surface area contributed by atoms with Gasteiger partial charge in [-0.15, -0.1) is 0 Å². The minimum absolute atomic E-state index is 0.119. The largest absolute Gasteiger partial charge is 0.444 e. The van der Waals surface area contributed by atoms with Gasteiger partial charge in [-0.3, -0.25) is 4.79 Å². The van der Waals surface area contributed by atoms with Crippen LogP contribution in [0.5, 0.6) is 0 Å². The first kappa shape index (κ1) is 16.7. The Bertz CT molecular complexity index is 376. The maximum Gasteiger partial charge on any atom is 0.410 e. The van der Waals surface area contributed by atoms with E-state index in [1.807, 2.05) is 27.7 Å². The monoisotopic (exact) mass is 283 g/mol. The first-order valence-electron chi connectivity index (χ1n) is 7.19. The fourth-order valence-corrected chi connectivity index (χ4v) is 2.58. The number of likely N-dealkylation sites (tertiary alicyclic amines) is 1. The quantitative estimate of drug-likeness (QED) is 0.744. The molecule has 0 saturated carbocycles. The van der Waals surface area contributed by atoms with Crippen LogP contribution >= 0.6 is 0 Å². The van der Waals surface area contributed by atoms with E-state index in [4.69, 9.17) is 4.74 Å². The average molecular weight is 283 g/mol. The number of carbonyl (C=O) groups is 3. The number of hydrogen-bond acceptors (Lipinski definition) is 4. The van der Waals surface area contributed by atoms with Crippen molar-refractivity contribution in [1.82, 2.24) is 4.90 Å². The predicted octanol–water partition coefficient (Wildman–Crippen LogP) is 2.57. The molecule has 1 aliphatic rings. The third-order valence-corrected chi connectivity index (χ3v) is 3.76. The van der Waals surface area contributed by atoms with Gasteiger partial charge in [0.1, 0.15) is 17.7 Å². The lowest BCUT2D eigenvalue weighted by atomic mass is 9.72. The molecule has 0 aromatic rings. The summed E-state index contributed by atoms with van der Waals surface area (Å²) in [7, 11) is 0. The van der Waals surface area contributed by atoms with Gasteiger partial charge in [0.2, 0.25) is 0 Å². The lowest BCUT2D eigenvalue weighted by Crippen LogP contribution is -2.48. The number of ketones is 1. The highest BCUT2D eigenvalue weighted by molar-refractivity contribution is 5.87. The van der Waals surface area contributed by atoms with Crippen molar-refractivity contribution >= 4 is 18.2 Å². The number of aldehydes is 1. The Labute approximate surface area is 120 Å². The summed E-state index contributed by atoms with van der Waals surface area (Å²) in [5.41, 5.74) is -1.09. The Morgan fingerprint density at radius 1 is 1.25 bits per heavy atom. The summed E-state index contributed by atoms with van der Waals surface area (Å²) in [4.78, 5) is 36.5. The van der Waals surface area contributed by atoms with Gasteiger partial charge < -0.3 is 14.4 Å². The summed E-state index contributed by atoms with van der Waals surface area (Å²) in [6.45, 7) is 8.22. The summed E-state index contributed by atoms with van der Waals surface area (Å²) >= 11 is 0. The SMILES string of the molecule is CCC(=O)C1(CC=O)CCN(C(=O)OC(C)(C)C)CC1. The Morgan fingerprint density at radius 3 is 2.20 bits per heavy atom. The third kappa shape index (κ3) is 4.05. The number of hydrogen-bond donors (Lipinski definition) is 0. The zero-order chi connectivity index (χ0) is 15.4. The van der Waals surface area contributed by atoms with Crippen molar-refractivity contribution in [2.75, 3.05) is 13.1 Å². The molecule has 5 heteroatoms. The summed E-state index contributed by atoms with van der Waals surface area (Å²) < 4.78 is 5.32. The van der Waals surface area contributed by atoms with E-state index in [1.54, 1.807) is 4.90 Å². The molecule has 114 valence electrons. The summed E-state index contributed by atoms with van der Waals surface area (Å²) in [6, 6.07) is 0. The Hall–Kier alpha value is -1.39. The first-order valence-corrected chi connectivity index (χ1v) is 7.19. The van der Waals surface area contributed by atoms with E-state index < -0.39 is 11.0 Å². The molecule has 0 aromatic heterocycles. The Kier molecular flexibility index (Phi) is 5.31. The molecule has 1 amide bonds. The highest BCUT2D eigenvalue weighted by Gasteiger charge is 2.41. The van der Waals surface area contributed by atoms with E-state index in [-0.39, 0.29) is 18.3 Å². The van der Waals surface area contributed by atoms with Crippen LogP contribution in [0.25, 0.3) is 0 Å². The van der Waals surface area contributed by atoms with Gasteiger partial charge in [0.25, 0.3) is 0 Å². The number of nitrogens with zero attached hydrogens (tertiary/aromatic N) is 1. The first-order chi connectivity index (χ1) is 9.24. The van der Waals surface area contributed by atoms with E-state index in [0.29, 0.717) is 32.4 Å². The zero-order valence-corrected chi connectivity index (χ0v) is 12.9. The van der Waals surface area contributed by atoms with Gasteiger partial charge in [0.15, 0.2) is 0 Å². The van der Waals surface area contributed by atoms with Crippen LogP contribution in [-0.4, -0.2) is 41.8 Å². The van der Waals surface area contributed by atoms with Gasteiger partial charge in [-0.05, 0) is 33.6 Å². The van der Waals surface area contributed by atoms with Crippen LogP contribution in [0.3, 0.4) is 0 Å². The average Bonchev–Trinajstić information content (AvgIpc) is 2.36.